The van der Waals surface area contributed by atoms with Crippen LogP contribution in [0.1, 0.15) is 11.3 Å². The van der Waals surface area contributed by atoms with Gasteiger partial charge in [0, 0.05) is 43.4 Å². The average molecular weight is 327 g/mol. The first-order chi connectivity index (χ1) is 11.7. The normalized spacial score (nSPS) is 13.7. The summed E-state index contributed by atoms with van der Waals surface area (Å²) in [5.41, 5.74) is 1.92. The van der Waals surface area contributed by atoms with Crippen LogP contribution >= 0.6 is 0 Å². The van der Waals surface area contributed by atoms with Gasteiger partial charge in [0.1, 0.15) is 11.6 Å². The summed E-state index contributed by atoms with van der Waals surface area (Å²) in [6, 6.07) is 2.98. The number of nitrogens with zero attached hydrogens (tertiary/aromatic N) is 7. The molecule has 3 aromatic heterocycles. The second kappa shape index (κ2) is 5.84. The van der Waals surface area contributed by atoms with E-state index in [1.807, 2.05) is 4.90 Å². The number of anilines is 1. The van der Waals surface area contributed by atoms with Crippen LogP contribution in [0.2, 0.25) is 0 Å². The van der Waals surface area contributed by atoms with Crippen molar-refractivity contribution in [1.29, 1.82) is 0 Å². The fourth-order valence-electron chi connectivity index (χ4n) is 2.66. The van der Waals surface area contributed by atoms with Crippen LogP contribution in [-0.4, -0.2) is 43.6 Å². The third-order valence-electron chi connectivity index (χ3n) is 3.83. The molecule has 0 fully saturated rings. The summed E-state index contributed by atoms with van der Waals surface area (Å²) in [6.07, 6.45) is 5.61. The van der Waals surface area contributed by atoms with Crippen molar-refractivity contribution in [2.75, 3.05) is 18.6 Å². The summed E-state index contributed by atoms with van der Waals surface area (Å²) in [5, 5.41) is 8.06. The third kappa shape index (κ3) is 2.64. The molecule has 4 rings (SSSR count). The largest absolute Gasteiger partial charge is 0.496 e. The summed E-state index contributed by atoms with van der Waals surface area (Å²) in [7, 11) is 1.50. The molecule has 0 aliphatic carbocycles. The number of pyridine rings is 1. The zero-order valence-electron chi connectivity index (χ0n) is 12.9. The average Bonchev–Trinajstić information content (AvgIpc) is 3.15. The number of fused-ring (bicyclic) bond motifs is 1. The van der Waals surface area contributed by atoms with Crippen LogP contribution in [0.15, 0.2) is 30.7 Å². The highest BCUT2D eigenvalue weighted by Crippen LogP contribution is 2.25. The molecule has 4 heterocycles. The van der Waals surface area contributed by atoms with Crippen LogP contribution < -0.4 is 9.64 Å². The lowest BCUT2D eigenvalue weighted by molar-refractivity contribution is 0.408. The van der Waals surface area contributed by atoms with Gasteiger partial charge in [0.25, 0.3) is 5.95 Å². The maximum Gasteiger partial charge on any atom is 0.268 e. The van der Waals surface area contributed by atoms with E-state index < -0.39 is 5.95 Å². The first-order valence-electron chi connectivity index (χ1n) is 7.41. The quantitative estimate of drug-likeness (QED) is 0.668. The van der Waals surface area contributed by atoms with Crippen LogP contribution in [0.5, 0.6) is 5.75 Å². The molecule has 8 nitrogen and oxygen atoms in total. The minimum absolute atomic E-state index is 0.442. The minimum Gasteiger partial charge on any atom is -0.496 e. The first kappa shape index (κ1) is 14.5. The molecule has 0 bridgehead atoms. The van der Waals surface area contributed by atoms with Gasteiger partial charge >= 0.3 is 0 Å². The van der Waals surface area contributed by atoms with E-state index in [0.29, 0.717) is 37.0 Å². The lowest BCUT2D eigenvalue weighted by atomic mass is 10.1. The third-order valence-corrected chi connectivity index (χ3v) is 3.83. The van der Waals surface area contributed by atoms with Crippen LogP contribution in [0, 0.1) is 5.95 Å². The van der Waals surface area contributed by atoms with E-state index in [0.717, 1.165) is 11.3 Å². The standard InChI is InChI=1S/C15H14FN7O/c1-24-11-6-13(16)21-14(7-11)22-5-2-12-10(9-22)8-17-15(20-12)23-18-3-4-19-23/h3-4,6-8H,2,5,9H2,1H3. The summed E-state index contributed by atoms with van der Waals surface area (Å²) >= 11 is 0. The molecule has 1 aliphatic heterocycles. The Kier molecular flexibility index (Phi) is 3.52. The van der Waals surface area contributed by atoms with E-state index in [9.17, 15) is 4.39 Å². The van der Waals surface area contributed by atoms with Crippen LogP contribution in [0.25, 0.3) is 5.95 Å². The Labute approximate surface area is 136 Å². The Morgan fingerprint density at radius 1 is 1.17 bits per heavy atom. The van der Waals surface area contributed by atoms with Crippen LogP contribution in [0.3, 0.4) is 0 Å². The van der Waals surface area contributed by atoms with Gasteiger partial charge in [-0.3, -0.25) is 0 Å². The van der Waals surface area contributed by atoms with Crippen molar-refractivity contribution in [3.8, 4) is 11.7 Å². The Hall–Kier alpha value is -3.10. The molecule has 24 heavy (non-hydrogen) atoms. The maximum atomic E-state index is 13.6. The lowest BCUT2D eigenvalue weighted by Gasteiger charge is -2.29. The van der Waals surface area contributed by atoms with Gasteiger partial charge in [0.05, 0.1) is 25.2 Å². The molecule has 0 saturated heterocycles. The van der Waals surface area contributed by atoms with Crippen molar-refractivity contribution in [2.45, 2.75) is 13.0 Å². The molecule has 0 aromatic carbocycles. The topological polar surface area (TPSA) is 81.9 Å². The van der Waals surface area contributed by atoms with Gasteiger partial charge in [-0.1, -0.05) is 0 Å². The number of hydrogen-bond acceptors (Lipinski definition) is 7. The van der Waals surface area contributed by atoms with E-state index in [1.54, 1.807) is 24.7 Å². The number of hydrogen-bond donors (Lipinski definition) is 0. The molecule has 0 N–H and O–H groups in total. The van der Waals surface area contributed by atoms with Crippen molar-refractivity contribution in [3.05, 3.63) is 47.9 Å². The van der Waals surface area contributed by atoms with E-state index in [-0.39, 0.29) is 0 Å². The number of aromatic nitrogens is 6. The molecule has 122 valence electrons. The van der Waals surface area contributed by atoms with Gasteiger partial charge in [0.15, 0.2) is 0 Å². The monoisotopic (exact) mass is 327 g/mol. The molecule has 0 amide bonds. The van der Waals surface area contributed by atoms with Gasteiger partial charge in [0.2, 0.25) is 5.95 Å². The van der Waals surface area contributed by atoms with Crippen LogP contribution in [0.4, 0.5) is 10.2 Å². The van der Waals surface area contributed by atoms with E-state index in [1.165, 1.54) is 18.0 Å². The van der Waals surface area contributed by atoms with Gasteiger partial charge in [-0.25, -0.2) is 15.0 Å². The first-order valence-corrected chi connectivity index (χ1v) is 7.41. The molecule has 0 saturated carbocycles. The van der Waals surface area contributed by atoms with Gasteiger partial charge < -0.3 is 9.64 Å². The maximum absolute atomic E-state index is 13.6. The fraction of sp³-hybridized carbons (Fsp3) is 0.267. The highest BCUT2D eigenvalue weighted by atomic mass is 19.1. The van der Waals surface area contributed by atoms with Gasteiger partial charge in [-0.05, 0) is 0 Å². The summed E-state index contributed by atoms with van der Waals surface area (Å²) in [4.78, 5) is 16.1. The molecular formula is C15H14FN7O. The van der Waals surface area contributed by atoms with Crippen molar-refractivity contribution >= 4 is 5.82 Å². The zero-order valence-corrected chi connectivity index (χ0v) is 12.9. The number of rotatable bonds is 3. The second-order valence-corrected chi connectivity index (χ2v) is 5.32. The highest BCUT2D eigenvalue weighted by molar-refractivity contribution is 5.46. The van der Waals surface area contributed by atoms with Gasteiger partial charge in [-0.15, -0.1) is 4.80 Å². The summed E-state index contributed by atoms with van der Waals surface area (Å²) in [6.45, 7) is 1.23. The minimum atomic E-state index is -0.563. The molecular weight excluding hydrogens is 313 g/mol. The lowest BCUT2D eigenvalue weighted by Crippen LogP contribution is -2.32. The second-order valence-electron chi connectivity index (χ2n) is 5.32. The van der Waals surface area contributed by atoms with Crippen molar-refractivity contribution in [2.24, 2.45) is 0 Å². The predicted octanol–water partition coefficient (Wildman–Crippen LogP) is 1.16. The molecule has 3 aromatic rings. The Morgan fingerprint density at radius 3 is 2.79 bits per heavy atom. The Bertz CT molecular complexity index is 868. The molecule has 0 spiro atoms. The summed E-state index contributed by atoms with van der Waals surface area (Å²) < 4.78 is 18.7. The predicted molar refractivity (Wildman–Crippen MR) is 82.5 cm³/mol. The van der Waals surface area contributed by atoms with E-state index in [4.69, 9.17) is 4.74 Å². The molecule has 1 aliphatic rings. The van der Waals surface area contributed by atoms with Crippen molar-refractivity contribution < 1.29 is 9.13 Å². The molecule has 9 heteroatoms. The van der Waals surface area contributed by atoms with Crippen molar-refractivity contribution in [3.63, 3.8) is 0 Å². The highest BCUT2D eigenvalue weighted by Gasteiger charge is 2.21. The number of methoxy groups -OCH3 is 1. The fourth-order valence-corrected chi connectivity index (χ4v) is 2.66. The van der Waals surface area contributed by atoms with Crippen molar-refractivity contribution in [1.82, 2.24) is 29.9 Å². The van der Waals surface area contributed by atoms with E-state index in [2.05, 4.69) is 25.1 Å². The van der Waals surface area contributed by atoms with Crippen LogP contribution in [-0.2, 0) is 13.0 Å². The number of halogens is 1. The van der Waals surface area contributed by atoms with Gasteiger partial charge in [-0.2, -0.15) is 14.6 Å². The molecule has 0 radical (unpaired) electrons. The van der Waals surface area contributed by atoms with E-state index >= 15 is 0 Å². The Balaban J connectivity index is 1.61. The summed E-state index contributed by atoms with van der Waals surface area (Å²) in [5.74, 6) is 0.860. The smallest absolute Gasteiger partial charge is 0.268 e. The molecule has 0 atom stereocenters. The SMILES string of the molecule is COc1cc(F)nc(N2CCc3nc(-n4nccn4)ncc3C2)c1. The molecule has 0 unspecified atom stereocenters. The zero-order chi connectivity index (χ0) is 16.5. The number of ether oxygens (including phenoxy) is 1. The Morgan fingerprint density at radius 2 is 2.00 bits per heavy atom.